The summed E-state index contributed by atoms with van der Waals surface area (Å²) in [5, 5.41) is -0.466. The SMILES string of the molecule is CCc1ccc(CC)c(C(Cl)c2ccc(F)c(F)c2)c1. The first-order valence-electron chi connectivity index (χ1n) is 6.77. The van der Waals surface area contributed by atoms with Gasteiger partial charge in [-0.3, -0.25) is 0 Å². The van der Waals surface area contributed by atoms with Gasteiger partial charge < -0.3 is 0 Å². The number of hydrogen-bond donors (Lipinski definition) is 0. The van der Waals surface area contributed by atoms with Crippen LogP contribution in [0.25, 0.3) is 0 Å². The van der Waals surface area contributed by atoms with Crippen molar-refractivity contribution < 1.29 is 8.78 Å². The van der Waals surface area contributed by atoms with Crippen LogP contribution in [0.4, 0.5) is 8.78 Å². The highest BCUT2D eigenvalue weighted by Gasteiger charge is 2.16. The highest BCUT2D eigenvalue weighted by atomic mass is 35.5. The van der Waals surface area contributed by atoms with Crippen LogP contribution >= 0.6 is 11.6 Å². The molecule has 2 aromatic carbocycles. The molecule has 0 amide bonds. The van der Waals surface area contributed by atoms with E-state index in [1.54, 1.807) is 0 Å². The maximum Gasteiger partial charge on any atom is 0.159 e. The van der Waals surface area contributed by atoms with Gasteiger partial charge in [0.25, 0.3) is 0 Å². The Morgan fingerprint density at radius 3 is 2.30 bits per heavy atom. The van der Waals surface area contributed by atoms with Gasteiger partial charge in [0.15, 0.2) is 11.6 Å². The molecule has 1 unspecified atom stereocenters. The predicted molar refractivity (Wildman–Crippen MR) is 79.3 cm³/mol. The molecule has 0 N–H and O–H groups in total. The molecule has 2 rings (SSSR count). The molecule has 0 saturated heterocycles. The highest BCUT2D eigenvalue weighted by Crippen LogP contribution is 2.33. The second kappa shape index (κ2) is 6.36. The van der Waals surface area contributed by atoms with Crippen molar-refractivity contribution in [3.8, 4) is 0 Å². The molecule has 0 nitrogen and oxygen atoms in total. The molecule has 0 aromatic heterocycles. The van der Waals surface area contributed by atoms with Gasteiger partial charge in [0.1, 0.15) is 0 Å². The van der Waals surface area contributed by atoms with Gasteiger partial charge in [-0.1, -0.05) is 38.1 Å². The van der Waals surface area contributed by atoms with E-state index in [0.29, 0.717) is 5.56 Å². The maximum atomic E-state index is 13.3. The van der Waals surface area contributed by atoms with E-state index in [1.807, 2.05) is 0 Å². The predicted octanol–water partition coefficient (Wildman–Crippen LogP) is 5.42. The molecular formula is C17H17ClF2. The van der Waals surface area contributed by atoms with Crippen LogP contribution in [0.1, 0.15) is 41.5 Å². The number of halogens is 3. The molecule has 2 aromatic rings. The van der Waals surface area contributed by atoms with Crippen molar-refractivity contribution in [3.05, 3.63) is 70.3 Å². The average Bonchev–Trinajstić information content (AvgIpc) is 2.48. The Morgan fingerprint density at radius 1 is 0.950 bits per heavy atom. The third-order valence-corrected chi connectivity index (χ3v) is 4.00. The van der Waals surface area contributed by atoms with E-state index < -0.39 is 17.0 Å². The molecule has 0 heterocycles. The smallest absolute Gasteiger partial charge is 0.159 e. The summed E-state index contributed by atoms with van der Waals surface area (Å²) in [7, 11) is 0. The zero-order valence-electron chi connectivity index (χ0n) is 11.6. The van der Waals surface area contributed by atoms with Gasteiger partial charge in [0, 0.05) is 0 Å². The zero-order valence-corrected chi connectivity index (χ0v) is 12.3. The fourth-order valence-corrected chi connectivity index (χ4v) is 2.61. The lowest BCUT2D eigenvalue weighted by atomic mass is 9.95. The maximum absolute atomic E-state index is 13.3. The zero-order chi connectivity index (χ0) is 14.7. The second-order valence-corrected chi connectivity index (χ2v) is 5.21. The lowest BCUT2D eigenvalue weighted by Crippen LogP contribution is -2.01. The van der Waals surface area contributed by atoms with Gasteiger partial charge in [0.2, 0.25) is 0 Å². The Hall–Kier alpha value is -1.41. The highest BCUT2D eigenvalue weighted by molar-refractivity contribution is 6.22. The number of hydrogen-bond acceptors (Lipinski definition) is 0. The van der Waals surface area contributed by atoms with E-state index in [-0.39, 0.29) is 0 Å². The molecule has 0 saturated carbocycles. The van der Waals surface area contributed by atoms with Crippen molar-refractivity contribution in [2.24, 2.45) is 0 Å². The molecule has 0 bridgehead atoms. The lowest BCUT2D eigenvalue weighted by Gasteiger charge is -2.16. The Labute approximate surface area is 123 Å². The van der Waals surface area contributed by atoms with E-state index in [4.69, 9.17) is 11.6 Å². The van der Waals surface area contributed by atoms with Gasteiger partial charge in [-0.25, -0.2) is 8.78 Å². The summed E-state index contributed by atoms with van der Waals surface area (Å²) in [5.41, 5.74) is 3.87. The van der Waals surface area contributed by atoms with Crippen LogP contribution in [0.15, 0.2) is 36.4 Å². The third kappa shape index (κ3) is 3.01. The first-order chi connectivity index (χ1) is 9.56. The molecule has 3 heteroatoms. The van der Waals surface area contributed by atoms with Gasteiger partial charge in [0.05, 0.1) is 5.38 Å². The fourth-order valence-electron chi connectivity index (χ4n) is 2.27. The topological polar surface area (TPSA) is 0 Å². The van der Waals surface area contributed by atoms with Crippen LogP contribution in [0.5, 0.6) is 0 Å². The number of alkyl halides is 1. The lowest BCUT2D eigenvalue weighted by molar-refractivity contribution is 0.507. The summed E-state index contributed by atoms with van der Waals surface area (Å²) in [4.78, 5) is 0. The molecule has 0 aliphatic heterocycles. The van der Waals surface area contributed by atoms with E-state index in [9.17, 15) is 8.78 Å². The minimum Gasteiger partial charge on any atom is -0.204 e. The minimum absolute atomic E-state index is 0.466. The molecule has 20 heavy (non-hydrogen) atoms. The Morgan fingerprint density at radius 2 is 1.70 bits per heavy atom. The molecular weight excluding hydrogens is 278 g/mol. The minimum atomic E-state index is -0.863. The molecule has 0 aliphatic rings. The van der Waals surface area contributed by atoms with Crippen molar-refractivity contribution in [1.29, 1.82) is 0 Å². The van der Waals surface area contributed by atoms with E-state index >= 15 is 0 Å². The van der Waals surface area contributed by atoms with E-state index in [0.717, 1.165) is 30.0 Å². The van der Waals surface area contributed by atoms with Crippen molar-refractivity contribution >= 4 is 11.6 Å². The standard InChI is InChI=1S/C17H17ClF2/c1-3-11-5-6-12(4-2)14(9-11)17(18)13-7-8-15(19)16(20)10-13/h5-10,17H,3-4H2,1-2H3. The average molecular weight is 295 g/mol. The first kappa shape index (κ1) is 15.0. The Kier molecular flexibility index (Phi) is 4.77. The normalized spacial score (nSPS) is 12.4. The van der Waals surface area contributed by atoms with Gasteiger partial charge in [-0.05, 0) is 47.2 Å². The van der Waals surface area contributed by atoms with Crippen molar-refractivity contribution in [3.63, 3.8) is 0 Å². The molecule has 0 radical (unpaired) electrons. The van der Waals surface area contributed by atoms with Crippen molar-refractivity contribution in [1.82, 2.24) is 0 Å². The van der Waals surface area contributed by atoms with Gasteiger partial charge in [-0.2, -0.15) is 0 Å². The fraction of sp³-hybridized carbons (Fsp3) is 0.294. The number of benzene rings is 2. The second-order valence-electron chi connectivity index (χ2n) is 4.78. The van der Waals surface area contributed by atoms with Crippen LogP contribution in [0, 0.1) is 11.6 Å². The summed E-state index contributed by atoms with van der Waals surface area (Å²) in [6.45, 7) is 4.13. The van der Waals surface area contributed by atoms with Gasteiger partial charge in [-0.15, -0.1) is 11.6 Å². The van der Waals surface area contributed by atoms with E-state index in [2.05, 4.69) is 32.0 Å². The monoisotopic (exact) mass is 294 g/mol. The van der Waals surface area contributed by atoms with Crippen LogP contribution in [0.2, 0.25) is 0 Å². The number of rotatable bonds is 4. The van der Waals surface area contributed by atoms with Gasteiger partial charge >= 0.3 is 0 Å². The van der Waals surface area contributed by atoms with Crippen molar-refractivity contribution in [2.75, 3.05) is 0 Å². The Bertz CT molecular complexity index is 608. The molecule has 0 fully saturated rings. The summed E-state index contributed by atoms with van der Waals surface area (Å²) < 4.78 is 26.4. The van der Waals surface area contributed by atoms with Crippen LogP contribution in [-0.2, 0) is 12.8 Å². The molecule has 0 spiro atoms. The molecule has 1 atom stereocenters. The Balaban J connectivity index is 2.45. The van der Waals surface area contributed by atoms with Crippen LogP contribution < -0.4 is 0 Å². The summed E-state index contributed by atoms with van der Waals surface area (Å²) in [6.07, 6.45) is 1.77. The first-order valence-corrected chi connectivity index (χ1v) is 7.21. The summed E-state index contributed by atoms with van der Waals surface area (Å²) >= 11 is 6.48. The summed E-state index contributed by atoms with van der Waals surface area (Å²) in [6, 6.07) is 10.0. The quantitative estimate of drug-likeness (QED) is 0.661. The molecule has 0 aliphatic carbocycles. The number of aryl methyl sites for hydroxylation is 2. The summed E-state index contributed by atoms with van der Waals surface area (Å²) in [5.74, 6) is -1.71. The van der Waals surface area contributed by atoms with Crippen LogP contribution in [0.3, 0.4) is 0 Å². The largest absolute Gasteiger partial charge is 0.204 e. The van der Waals surface area contributed by atoms with E-state index in [1.165, 1.54) is 17.7 Å². The van der Waals surface area contributed by atoms with Crippen molar-refractivity contribution in [2.45, 2.75) is 32.1 Å². The van der Waals surface area contributed by atoms with Crippen LogP contribution in [-0.4, -0.2) is 0 Å². The third-order valence-electron chi connectivity index (χ3n) is 3.51. The molecule has 106 valence electrons.